The van der Waals surface area contributed by atoms with Crippen molar-refractivity contribution >= 4 is 45.6 Å². The van der Waals surface area contributed by atoms with Crippen LogP contribution in [0.5, 0.6) is 0 Å². The molecule has 0 bridgehead atoms. The van der Waals surface area contributed by atoms with Gasteiger partial charge in [-0.15, -0.1) is 0 Å². The highest BCUT2D eigenvalue weighted by Crippen LogP contribution is 2.27. The summed E-state index contributed by atoms with van der Waals surface area (Å²) in [4.78, 5) is 52.8. The molecular formula is C17H21BrN2O7. The van der Waals surface area contributed by atoms with Gasteiger partial charge in [-0.3, -0.25) is 14.5 Å². The van der Waals surface area contributed by atoms with Gasteiger partial charge in [0.25, 0.3) is 0 Å². The molecule has 27 heavy (non-hydrogen) atoms. The molecule has 0 aliphatic heterocycles. The van der Waals surface area contributed by atoms with E-state index in [2.05, 4.69) is 30.4 Å². The van der Waals surface area contributed by atoms with Crippen LogP contribution in [-0.2, 0) is 19.0 Å². The summed E-state index contributed by atoms with van der Waals surface area (Å²) in [5, 5.41) is 0. The van der Waals surface area contributed by atoms with Crippen LogP contribution in [-0.4, -0.2) is 55.1 Å². The van der Waals surface area contributed by atoms with Crippen molar-refractivity contribution in [2.24, 2.45) is 0 Å². The zero-order valence-corrected chi connectivity index (χ0v) is 17.0. The number of anilines is 1. The Hall–Kier alpha value is -2.49. The van der Waals surface area contributed by atoms with E-state index in [1.54, 1.807) is 0 Å². The summed E-state index contributed by atoms with van der Waals surface area (Å²) in [5.74, 6) is -3.40. The van der Waals surface area contributed by atoms with Crippen LogP contribution >= 0.6 is 15.9 Å². The van der Waals surface area contributed by atoms with Crippen molar-refractivity contribution in [2.75, 3.05) is 25.6 Å². The number of carbonyl (C=O) groups is 4. The number of amides is 1. The number of aromatic nitrogens is 1. The van der Waals surface area contributed by atoms with Crippen LogP contribution in [0, 0.1) is 0 Å². The third-order valence-corrected chi connectivity index (χ3v) is 3.26. The smallest absolute Gasteiger partial charge is 0.415 e. The maximum absolute atomic E-state index is 12.7. The molecule has 0 fully saturated rings. The van der Waals surface area contributed by atoms with Gasteiger partial charge < -0.3 is 14.2 Å². The fourth-order valence-electron chi connectivity index (χ4n) is 1.83. The molecule has 9 nitrogen and oxygen atoms in total. The second kappa shape index (κ2) is 8.94. The lowest BCUT2D eigenvalue weighted by atomic mass is 10.0. The number of rotatable bonds is 5. The zero-order valence-electron chi connectivity index (χ0n) is 18.4. The third kappa shape index (κ3) is 6.31. The summed E-state index contributed by atoms with van der Waals surface area (Å²) in [7, 11) is 1.00. The Bertz CT molecular complexity index is 866. The molecule has 148 valence electrons. The van der Waals surface area contributed by atoms with E-state index < -0.39 is 54.4 Å². The Morgan fingerprint density at radius 2 is 1.93 bits per heavy atom. The molecule has 0 aliphatic rings. The van der Waals surface area contributed by atoms with E-state index in [0.717, 1.165) is 20.1 Å². The number of esters is 2. The number of halogens is 1. The van der Waals surface area contributed by atoms with Crippen molar-refractivity contribution in [3.8, 4) is 0 Å². The van der Waals surface area contributed by atoms with Crippen LogP contribution in [0.1, 0.15) is 52.5 Å². The molecular weight excluding hydrogens is 424 g/mol. The molecule has 1 heterocycles. The van der Waals surface area contributed by atoms with Crippen molar-refractivity contribution in [1.29, 1.82) is 0 Å². The van der Waals surface area contributed by atoms with Gasteiger partial charge in [-0.1, -0.05) is 0 Å². The van der Waals surface area contributed by atoms with Gasteiger partial charge in [0.15, 0.2) is 12.4 Å². The average molecular weight is 448 g/mol. The molecule has 0 aromatic carbocycles. The Balaban J connectivity index is 3.76. The highest BCUT2D eigenvalue weighted by molar-refractivity contribution is 9.10. The van der Waals surface area contributed by atoms with Gasteiger partial charge in [-0.2, -0.15) is 0 Å². The molecule has 0 N–H and O–H groups in total. The zero-order chi connectivity index (χ0) is 23.4. The first-order chi connectivity index (χ1) is 13.6. The Labute approximate surface area is 169 Å². The molecule has 0 radical (unpaired) electrons. The number of hydrogen-bond acceptors (Lipinski definition) is 8. The lowest BCUT2D eigenvalue weighted by Gasteiger charge is -2.25. The van der Waals surface area contributed by atoms with E-state index in [1.807, 2.05) is 0 Å². The number of nitrogens with zero attached hydrogens (tertiary/aromatic N) is 2. The monoisotopic (exact) mass is 447 g/mol. The quantitative estimate of drug-likeness (QED) is 0.293. The SMILES string of the molecule is [2H]C([2H])([2H])N(C(=O)OC(C)(C)C)c1nc(Br)cc(C(=O)COC(C)=O)c1C(=O)OC. The van der Waals surface area contributed by atoms with E-state index in [1.165, 1.54) is 20.8 Å². The second-order valence-corrected chi connectivity index (χ2v) is 7.01. The summed E-state index contributed by atoms with van der Waals surface area (Å²) in [6, 6.07) is 1.12. The molecule has 0 saturated carbocycles. The number of ether oxygens (including phenoxy) is 3. The normalized spacial score (nSPS) is 12.9. The van der Waals surface area contributed by atoms with Crippen molar-refractivity contribution in [2.45, 2.75) is 33.3 Å². The standard InChI is InChI=1S/C17H21BrN2O7/c1-9(21)26-8-11(22)10-7-12(18)19-14(13(10)15(23)25-6)20(5)16(24)27-17(2,3)4/h7H,8H2,1-6H3/i5D3. The summed E-state index contributed by atoms with van der Waals surface area (Å²) in [6.45, 7) is 1.79. The first-order valence-corrected chi connectivity index (χ1v) is 8.36. The number of pyridine rings is 1. The minimum atomic E-state index is -3.13. The number of methoxy groups -OCH3 is 1. The molecule has 1 aromatic rings. The maximum atomic E-state index is 12.7. The summed E-state index contributed by atoms with van der Waals surface area (Å²) in [6.07, 6.45) is -1.32. The van der Waals surface area contributed by atoms with Gasteiger partial charge >= 0.3 is 18.0 Å². The van der Waals surface area contributed by atoms with Crippen LogP contribution < -0.4 is 4.90 Å². The number of Topliss-reactive ketones (excluding diaryl/α,β-unsaturated/α-hetero) is 1. The largest absolute Gasteiger partial charge is 0.465 e. The average Bonchev–Trinajstić information content (AvgIpc) is 2.55. The van der Waals surface area contributed by atoms with E-state index in [9.17, 15) is 19.2 Å². The van der Waals surface area contributed by atoms with Crippen LogP contribution in [0.3, 0.4) is 0 Å². The molecule has 0 unspecified atom stereocenters. The molecule has 0 aliphatic carbocycles. The highest BCUT2D eigenvalue weighted by atomic mass is 79.9. The van der Waals surface area contributed by atoms with Crippen LogP contribution in [0.4, 0.5) is 10.6 Å². The molecule has 1 aromatic heterocycles. The minimum absolute atomic E-state index is 0.0610. The van der Waals surface area contributed by atoms with Crippen molar-refractivity contribution in [3.05, 3.63) is 21.8 Å². The molecule has 1 rings (SSSR count). The van der Waals surface area contributed by atoms with E-state index in [0.29, 0.717) is 0 Å². The van der Waals surface area contributed by atoms with Gasteiger partial charge in [0.05, 0.1) is 7.11 Å². The van der Waals surface area contributed by atoms with Gasteiger partial charge in [0, 0.05) is 23.6 Å². The molecule has 0 atom stereocenters. The summed E-state index contributed by atoms with van der Waals surface area (Å²) in [5.41, 5.74) is -2.02. The van der Waals surface area contributed by atoms with Crippen LogP contribution in [0.15, 0.2) is 10.7 Å². The Kier molecular flexibility index (Phi) is 5.92. The lowest BCUT2D eigenvalue weighted by molar-refractivity contribution is -0.139. The highest BCUT2D eigenvalue weighted by Gasteiger charge is 2.30. The molecule has 0 spiro atoms. The predicted octanol–water partition coefficient (Wildman–Crippen LogP) is 2.75. The van der Waals surface area contributed by atoms with Crippen molar-refractivity contribution in [3.63, 3.8) is 0 Å². The van der Waals surface area contributed by atoms with Crippen molar-refractivity contribution < 1.29 is 37.5 Å². The first-order valence-electron chi connectivity index (χ1n) is 9.07. The fraction of sp³-hybridized carbons (Fsp3) is 0.471. The van der Waals surface area contributed by atoms with Gasteiger partial charge in [0.1, 0.15) is 15.8 Å². The van der Waals surface area contributed by atoms with E-state index in [4.69, 9.17) is 8.85 Å². The second-order valence-electron chi connectivity index (χ2n) is 6.20. The predicted molar refractivity (Wildman–Crippen MR) is 98.9 cm³/mol. The number of ketones is 1. The molecule has 10 heteroatoms. The molecule has 0 saturated heterocycles. The maximum Gasteiger partial charge on any atom is 0.415 e. The van der Waals surface area contributed by atoms with Crippen molar-refractivity contribution in [1.82, 2.24) is 4.98 Å². The van der Waals surface area contributed by atoms with E-state index >= 15 is 0 Å². The lowest BCUT2D eigenvalue weighted by Crippen LogP contribution is -2.36. The van der Waals surface area contributed by atoms with Gasteiger partial charge in [-0.25, -0.2) is 14.6 Å². The van der Waals surface area contributed by atoms with E-state index in [-0.39, 0.29) is 15.1 Å². The van der Waals surface area contributed by atoms with Gasteiger partial charge in [-0.05, 0) is 42.8 Å². The van der Waals surface area contributed by atoms with Crippen LogP contribution in [0.25, 0.3) is 0 Å². The fourth-order valence-corrected chi connectivity index (χ4v) is 2.22. The van der Waals surface area contributed by atoms with Gasteiger partial charge in [0.2, 0.25) is 5.78 Å². The van der Waals surface area contributed by atoms with Crippen LogP contribution in [0.2, 0.25) is 0 Å². The number of carbonyl (C=O) groups excluding carboxylic acids is 4. The Morgan fingerprint density at radius 1 is 1.30 bits per heavy atom. The number of hydrogen-bond donors (Lipinski definition) is 0. The third-order valence-electron chi connectivity index (χ3n) is 2.85. The topological polar surface area (TPSA) is 112 Å². The summed E-state index contributed by atoms with van der Waals surface area (Å²) >= 11 is 3.03. The minimum Gasteiger partial charge on any atom is -0.465 e. The molecule has 1 amide bonds. The Morgan fingerprint density at radius 3 is 2.41 bits per heavy atom. The first kappa shape index (κ1) is 17.9. The summed E-state index contributed by atoms with van der Waals surface area (Å²) < 4.78 is 37.6.